The van der Waals surface area contributed by atoms with Gasteiger partial charge in [0.25, 0.3) is 5.91 Å². The van der Waals surface area contributed by atoms with Gasteiger partial charge in [-0.3, -0.25) is 4.79 Å². The third-order valence-corrected chi connectivity index (χ3v) is 6.88. The lowest BCUT2D eigenvalue weighted by molar-refractivity contribution is 0.0616. The van der Waals surface area contributed by atoms with Crippen molar-refractivity contribution in [2.45, 2.75) is 45.0 Å². The first kappa shape index (κ1) is 22.9. The second-order valence-corrected chi connectivity index (χ2v) is 10.5. The Morgan fingerprint density at radius 2 is 1.72 bits per heavy atom. The van der Waals surface area contributed by atoms with Crippen LogP contribution in [0.1, 0.15) is 47.8 Å². The summed E-state index contributed by atoms with van der Waals surface area (Å²) in [6.45, 7) is 9.81. The molecule has 7 nitrogen and oxygen atoms in total. The van der Waals surface area contributed by atoms with Crippen molar-refractivity contribution in [3.63, 3.8) is 0 Å². The second-order valence-electron chi connectivity index (χ2n) is 8.65. The zero-order chi connectivity index (χ0) is 22.8. The highest BCUT2D eigenvalue weighted by atomic mass is 79.9. The maximum atomic E-state index is 13.5. The van der Waals surface area contributed by atoms with E-state index in [1.807, 2.05) is 49.1 Å². The van der Waals surface area contributed by atoms with Gasteiger partial charge in [-0.15, -0.1) is 5.10 Å². The molecule has 1 aliphatic rings. The zero-order valence-corrected chi connectivity index (χ0v) is 21.2. The predicted molar refractivity (Wildman–Crippen MR) is 129 cm³/mol. The van der Waals surface area contributed by atoms with Crippen LogP contribution < -0.4 is 0 Å². The number of amides is 1. The maximum absolute atomic E-state index is 13.5. The molecule has 1 aromatic carbocycles. The smallest absolute Gasteiger partial charge is 0.276 e. The van der Waals surface area contributed by atoms with Crippen LogP contribution >= 0.6 is 27.7 Å². The van der Waals surface area contributed by atoms with E-state index in [9.17, 15) is 4.79 Å². The molecule has 0 aliphatic carbocycles. The Labute approximate surface area is 201 Å². The van der Waals surface area contributed by atoms with Gasteiger partial charge in [-0.2, -0.15) is 0 Å². The van der Waals surface area contributed by atoms with E-state index in [-0.39, 0.29) is 5.91 Å². The van der Waals surface area contributed by atoms with Crippen LogP contribution in [0.15, 0.2) is 40.0 Å². The average Bonchev–Trinajstić information content (AvgIpc) is 3.14. The molecule has 9 heteroatoms. The van der Waals surface area contributed by atoms with Gasteiger partial charge in [0.2, 0.25) is 0 Å². The molecule has 1 aliphatic heterocycles. The standard InChI is InChI=1S/C23H27BrN6OS/c1-14-9-15(2)12-29(11-14)22(31)21-20(13-32-23-25-16(3)10-17(4)26-23)30(28-27-21)19-7-5-18(24)6-8-19/h5-8,10,14-15H,9,11-13H2,1-4H3. The minimum Gasteiger partial charge on any atom is -0.337 e. The molecule has 3 heterocycles. The summed E-state index contributed by atoms with van der Waals surface area (Å²) in [6, 6.07) is 9.78. The summed E-state index contributed by atoms with van der Waals surface area (Å²) >= 11 is 4.97. The molecule has 1 fully saturated rings. The number of aromatic nitrogens is 5. The molecule has 3 aromatic rings. The third-order valence-electron chi connectivity index (χ3n) is 5.49. The van der Waals surface area contributed by atoms with Crippen molar-refractivity contribution in [3.8, 4) is 5.69 Å². The molecule has 0 bridgehead atoms. The molecule has 0 spiro atoms. The van der Waals surface area contributed by atoms with E-state index in [4.69, 9.17) is 0 Å². The van der Waals surface area contributed by atoms with Gasteiger partial charge >= 0.3 is 0 Å². The first-order valence-electron chi connectivity index (χ1n) is 10.7. The Morgan fingerprint density at radius 1 is 1.09 bits per heavy atom. The molecule has 0 radical (unpaired) electrons. The lowest BCUT2D eigenvalue weighted by Crippen LogP contribution is -2.43. The van der Waals surface area contributed by atoms with E-state index in [1.54, 1.807) is 4.68 Å². The number of halogens is 1. The Hall–Kier alpha value is -2.26. The molecule has 4 rings (SSSR count). The zero-order valence-electron chi connectivity index (χ0n) is 18.7. The number of piperidine rings is 1. The summed E-state index contributed by atoms with van der Waals surface area (Å²) in [5.74, 6) is 1.39. The van der Waals surface area contributed by atoms with Crippen LogP contribution in [-0.2, 0) is 5.75 Å². The summed E-state index contributed by atoms with van der Waals surface area (Å²) in [6.07, 6.45) is 1.14. The highest BCUT2D eigenvalue weighted by Crippen LogP contribution is 2.27. The first-order valence-corrected chi connectivity index (χ1v) is 12.5. The summed E-state index contributed by atoms with van der Waals surface area (Å²) in [4.78, 5) is 24.5. The maximum Gasteiger partial charge on any atom is 0.276 e. The van der Waals surface area contributed by atoms with Crippen molar-refractivity contribution < 1.29 is 4.79 Å². The average molecular weight is 515 g/mol. The van der Waals surface area contributed by atoms with Crippen LogP contribution in [-0.4, -0.2) is 48.9 Å². The monoisotopic (exact) mass is 514 g/mol. The van der Waals surface area contributed by atoms with Gasteiger partial charge in [0.1, 0.15) is 0 Å². The van der Waals surface area contributed by atoms with Gasteiger partial charge in [0.05, 0.1) is 11.4 Å². The van der Waals surface area contributed by atoms with Crippen molar-refractivity contribution >= 4 is 33.6 Å². The number of likely N-dealkylation sites (tertiary alicyclic amines) is 1. The first-order chi connectivity index (χ1) is 15.3. The molecule has 0 N–H and O–H groups in total. The van der Waals surface area contributed by atoms with Crippen molar-refractivity contribution in [2.75, 3.05) is 13.1 Å². The van der Waals surface area contributed by atoms with Crippen molar-refractivity contribution in [1.82, 2.24) is 29.9 Å². The molecule has 2 unspecified atom stereocenters. The number of thioether (sulfide) groups is 1. The van der Waals surface area contributed by atoms with E-state index < -0.39 is 0 Å². The second kappa shape index (κ2) is 9.70. The predicted octanol–water partition coefficient (Wildman–Crippen LogP) is 4.85. The van der Waals surface area contributed by atoms with Gasteiger partial charge in [-0.25, -0.2) is 14.6 Å². The van der Waals surface area contributed by atoms with Gasteiger partial charge in [-0.1, -0.05) is 46.8 Å². The van der Waals surface area contributed by atoms with Crippen LogP contribution in [0.3, 0.4) is 0 Å². The minimum atomic E-state index is -0.0521. The van der Waals surface area contributed by atoms with E-state index in [1.165, 1.54) is 11.8 Å². The van der Waals surface area contributed by atoms with Crippen molar-refractivity contribution in [3.05, 3.63) is 57.6 Å². The highest BCUT2D eigenvalue weighted by molar-refractivity contribution is 9.10. The van der Waals surface area contributed by atoms with Crippen molar-refractivity contribution in [1.29, 1.82) is 0 Å². The van der Waals surface area contributed by atoms with Crippen LogP contribution in [0.5, 0.6) is 0 Å². The summed E-state index contributed by atoms with van der Waals surface area (Å²) in [5, 5.41) is 9.40. The number of aryl methyl sites for hydroxylation is 2. The number of hydrogen-bond acceptors (Lipinski definition) is 6. The molecule has 2 aromatic heterocycles. The van der Waals surface area contributed by atoms with Crippen LogP contribution in [0.25, 0.3) is 5.69 Å². The highest BCUT2D eigenvalue weighted by Gasteiger charge is 2.30. The number of carbonyl (C=O) groups is 1. The molecular formula is C23H27BrN6OS. The van der Waals surface area contributed by atoms with Gasteiger partial charge in [-0.05, 0) is 62.4 Å². The summed E-state index contributed by atoms with van der Waals surface area (Å²) in [5.41, 5.74) is 3.87. The lowest BCUT2D eigenvalue weighted by Gasteiger charge is -2.34. The number of hydrogen-bond donors (Lipinski definition) is 0. The van der Waals surface area contributed by atoms with Crippen LogP contribution in [0.4, 0.5) is 0 Å². The normalized spacial score (nSPS) is 18.7. The topological polar surface area (TPSA) is 76.8 Å². The Morgan fingerprint density at radius 3 is 2.34 bits per heavy atom. The molecule has 168 valence electrons. The van der Waals surface area contributed by atoms with E-state index in [0.29, 0.717) is 28.4 Å². The lowest BCUT2D eigenvalue weighted by atomic mass is 9.91. The van der Waals surface area contributed by atoms with Crippen molar-refractivity contribution in [2.24, 2.45) is 11.8 Å². The van der Waals surface area contributed by atoms with Crippen LogP contribution in [0, 0.1) is 25.7 Å². The number of benzene rings is 1. The minimum absolute atomic E-state index is 0.0521. The fourth-order valence-electron chi connectivity index (χ4n) is 4.26. The van der Waals surface area contributed by atoms with E-state index in [2.05, 4.69) is 50.1 Å². The van der Waals surface area contributed by atoms with Crippen LogP contribution in [0.2, 0.25) is 0 Å². The fraction of sp³-hybridized carbons (Fsp3) is 0.435. The molecule has 0 saturated carbocycles. The fourth-order valence-corrected chi connectivity index (χ4v) is 5.46. The molecule has 32 heavy (non-hydrogen) atoms. The summed E-state index contributed by atoms with van der Waals surface area (Å²) in [7, 11) is 0. The molecule has 1 amide bonds. The van der Waals surface area contributed by atoms with E-state index in [0.717, 1.165) is 46.8 Å². The molecule has 1 saturated heterocycles. The Kier molecular flexibility index (Phi) is 6.95. The quantitative estimate of drug-likeness (QED) is 0.357. The SMILES string of the molecule is Cc1cc(C)nc(SCc2c(C(=O)N3CC(C)CC(C)C3)nnn2-c2ccc(Br)cc2)n1. The Balaban J connectivity index is 1.68. The number of nitrogens with zero attached hydrogens (tertiary/aromatic N) is 6. The number of rotatable bonds is 5. The van der Waals surface area contributed by atoms with E-state index >= 15 is 0 Å². The third kappa shape index (κ3) is 5.20. The molecule has 2 atom stereocenters. The summed E-state index contributed by atoms with van der Waals surface area (Å²) < 4.78 is 2.74. The van der Waals surface area contributed by atoms with Gasteiger partial charge in [0, 0.05) is 34.7 Å². The van der Waals surface area contributed by atoms with Gasteiger partial charge < -0.3 is 4.90 Å². The largest absolute Gasteiger partial charge is 0.337 e. The molecular weight excluding hydrogens is 488 g/mol. The van der Waals surface area contributed by atoms with Gasteiger partial charge in [0.15, 0.2) is 10.9 Å². The Bertz CT molecular complexity index is 1090. The number of carbonyl (C=O) groups excluding carboxylic acids is 1.